The molecule has 26 heavy (non-hydrogen) atoms. The van der Waals surface area contributed by atoms with Crippen molar-refractivity contribution in [2.75, 3.05) is 19.6 Å². The second-order valence-corrected chi connectivity index (χ2v) is 6.51. The molecule has 6 heteroatoms. The molecule has 1 heterocycles. The lowest BCUT2D eigenvalue weighted by atomic mass is 10.1. The van der Waals surface area contributed by atoms with E-state index in [1.807, 2.05) is 31.2 Å². The van der Waals surface area contributed by atoms with Gasteiger partial charge in [-0.1, -0.05) is 42.0 Å². The first kappa shape index (κ1) is 17.9. The van der Waals surface area contributed by atoms with Gasteiger partial charge in [-0.15, -0.1) is 0 Å². The molecular weight excluding hydrogens is 333 g/mol. The molecule has 2 aromatic carbocycles. The number of carbonyl (C=O) groups is 2. The third kappa shape index (κ3) is 4.59. The van der Waals surface area contributed by atoms with Crippen LogP contribution in [0.2, 0.25) is 0 Å². The van der Waals surface area contributed by atoms with Crippen molar-refractivity contribution in [2.45, 2.75) is 20.0 Å². The molecule has 5 nitrogen and oxygen atoms in total. The average Bonchev–Trinajstić information content (AvgIpc) is 2.96. The molecule has 0 saturated carbocycles. The van der Waals surface area contributed by atoms with E-state index < -0.39 is 0 Å². The van der Waals surface area contributed by atoms with Crippen molar-refractivity contribution in [3.8, 4) is 0 Å². The summed E-state index contributed by atoms with van der Waals surface area (Å²) in [7, 11) is 0. The molecule has 1 N–H and O–H groups in total. The Morgan fingerprint density at radius 3 is 2.31 bits per heavy atom. The molecule has 0 spiro atoms. The largest absolute Gasteiger partial charge is 0.350 e. The quantitative estimate of drug-likeness (QED) is 0.866. The minimum atomic E-state index is -0.298. The highest BCUT2D eigenvalue weighted by Crippen LogP contribution is 2.13. The molecule has 0 aliphatic carbocycles. The fourth-order valence-electron chi connectivity index (χ4n) is 2.87. The Labute approximate surface area is 152 Å². The van der Waals surface area contributed by atoms with Crippen LogP contribution < -0.4 is 5.32 Å². The number of halogens is 1. The molecule has 3 amide bonds. The predicted molar refractivity (Wildman–Crippen MR) is 96.8 cm³/mol. The van der Waals surface area contributed by atoms with E-state index in [1.54, 1.807) is 17.0 Å². The summed E-state index contributed by atoms with van der Waals surface area (Å²) < 4.78 is 13.0. The van der Waals surface area contributed by atoms with Gasteiger partial charge < -0.3 is 15.1 Å². The highest BCUT2D eigenvalue weighted by molar-refractivity contribution is 5.85. The van der Waals surface area contributed by atoms with E-state index in [1.165, 1.54) is 22.6 Å². The Balaban J connectivity index is 1.47. The number of aryl methyl sites for hydroxylation is 1. The van der Waals surface area contributed by atoms with Gasteiger partial charge >= 0.3 is 6.03 Å². The number of hydrogen-bond acceptors (Lipinski definition) is 2. The summed E-state index contributed by atoms with van der Waals surface area (Å²) in [6.45, 7) is 3.99. The van der Waals surface area contributed by atoms with E-state index in [0.717, 1.165) is 11.1 Å². The monoisotopic (exact) mass is 355 g/mol. The normalized spacial score (nSPS) is 14.0. The molecular formula is C20H22FN3O2. The van der Waals surface area contributed by atoms with Crippen LogP contribution >= 0.6 is 0 Å². The van der Waals surface area contributed by atoms with Gasteiger partial charge in [-0.2, -0.15) is 0 Å². The zero-order valence-electron chi connectivity index (χ0n) is 14.7. The summed E-state index contributed by atoms with van der Waals surface area (Å²) in [5.41, 5.74) is 3.06. The highest BCUT2D eigenvalue weighted by atomic mass is 19.1. The van der Waals surface area contributed by atoms with Gasteiger partial charge in [0.1, 0.15) is 12.4 Å². The summed E-state index contributed by atoms with van der Waals surface area (Å²) in [5, 5.41) is 2.84. The minimum absolute atomic E-state index is 0.0462. The number of urea groups is 1. The Bertz CT molecular complexity index is 775. The summed E-state index contributed by atoms with van der Waals surface area (Å²) in [6.07, 6.45) is 0. The van der Waals surface area contributed by atoms with Gasteiger partial charge in [0.15, 0.2) is 0 Å². The molecule has 2 aromatic rings. The van der Waals surface area contributed by atoms with Crippen LogP contribution in [-0.4, -0.2) is 41.4 Å². The Hall–Kier alpha value is -2.89. The molecule has 0 aromatic heterocycles. The molecule has 1 aliphatic heterocycles. The SMILES string of the molecule is Cc1ccc(CNC(=O)CN2CCN(Cc3ccc(F)cc3)C2=O)cc1. The third-order valence-electron chi connectivity index (χ3n) is 4.41. The number of carbonyl (C=O) groups excluding carboxylic acids is 2. The van der Waals surface area contributed by atoms with Crippen LogP contribution in [-0.2, 0) is 17.9 Å². The van der Waals surface area contributed by atoms with Crippen LogP contribution in [0, 0.1) is 12.7 Å². The van der Waals surface area contributed by atoms with Gasteiger partial charge in [-0.25, -0.2) is 9.18 Å². The summed E-state index contributed by atoms with van der Waals surface area (Å²) >= 11 is 0. The molecule has 1 aliphatic rings. The van der Waals surface area contributed by atoms with E-state index in [9.17, 15) is 14.0 Å². The van der Waals surface area contributed by atoms with E-state index in [-0.39, 0.29) is 24.3 Å². The lowest BCUT2D eigenvalue weighted by molar-refractivity contribution is -0.121. The summed E-state index contributed by atoms with van der Waals surface area (Å²) in [5.74, 6) is -0.476. The Kier molecular flexibility index (Phi) is 5.51. The van der Waals surface area contributed by atoms with Gasteiger partial charge in [-0.3, -0.25) is 4.79 Å². The zero-order chi connectivity index (χ0) is 18.5. The van der Waals surface area contributed by atoms with Crippen LogP contribution in [0.3, 0.4) is 0 Å². The topological polar surface area (TPSA) is 52.7 Å². The Morgan fingerprint density at radius 1 is 1.00 bits per heavy atom. The predicted octanol–water partition coefficient (Wildman–Crippen LogP) is 2.69. The molecule has 3 rings (SSSR count). The maximum Gasteiger partial charge on any atom is 0.320 e. The van der Waals surface area contributed by atoms with Crippen molar-refractivity contribution < 1.29 is 14.0 Å². The van der Waals surface area contributed by atoms with Crippen molar-refractivity contribution in [2.24, 2.45) is 0 Å². The molecule has 0 radical (unpaired) electrons. The number of nitrogens with zero attached hydrogens (tertiary/aromatic N) is 2. The second kappa shape index (κ2) is 7.99. The van der Waals surface area contributed by atoms with E-state index in [0.29, 0.717) is 26.2 Å². The second-order valence-electron chi connectivity index (χ2n) is 6.51. The standard InChI is InChI=1S/C20H22FN3O2/c1-15-2-4-16(5-3-15)12-22-19(25)14-24-11-10-23(20(24)26)13-17-6-8-18(21)9-7-17/h2-9H,10-14H2,1H3,(H,22,25). The smallest absolute Gasteiger partial charge is 0.320 e. The van der Waals surface area contributed by atoms with Crippen molar-refractivity contribution in [3.05, 3.63) is 71.0 Å². The van der Waals surface area contributed by atoms with Gasteiger partial charge in [0.05, 0.1) is 0 Å². The van der Waals surface area contributed by atoms with Crippen molar-refractivity contribution in [1.29, 1.82) is 0 Å². The summed E-state index contributed by atoms with van der Waals surface area (Å²) in [6, 6.07) is 13.9. The zero-order valence-corrected chi connectivity index (χ0v) is 14.7. The van der Waals surface area contributed by atoms with E-state index in [2.05, 4.69) is 5.32 Å². The molecule has 0 atom stereocenters. The van der Waals surface area contributed by atoms with Crippen molar-refractivity contribution in [3.63, 3.8) is 0 Å². The summed E-state index contributed by atoms with van der Waals surface area (Å²) in [4.78, 5) is 27.7. The first-order chi connectivity index (χ1) is 12.5. The van der Waals surface area contributed by atoms with Crippen LogP contribution in [0.25, 0.3) is 0 Å². The first-order valence-corrected chi connectivity index (χ1v) is 8.62. The number of rotatable bonds is 6. The lowest BCUT2D eigenvalue weighted by Crippen LogP contribution is -2.39. The number of amides is 3. The van der Waals surface area contributed by atoms with Crippen LogP contribution in [0.4, 0.5) is 9.18 Å². The average molecular weight is 355 g/mol. The van der Waals surface area contributed by atoms with Gasteiger partial charge in [-0.05, 0) is 30.2 Å². The maximum absolute atomic E-state index is 13.0. The molecule has 1 fully saturated rings. The van der Waals surface area contributed by atoms with E-state index >= 15 is 0 Å². The van der Waals surface area contributed by atoms with Gasteiger partial charge in [0.2, 0.25) is 5.91 Å². The lowest BCUT2D eigenvalue weighted by Gasteiger charge is -2.18. The highest BCUT2D eigenvalue weighted by Gasteiger charge is 2.29. The van der Waals surface area contributed by atoms with Gasteiger partial charge in [0.25, 0.3) is 0 Å². The maximum atomic E-state index is 13.0. The van der Waals surface area contributed by atoms with Crippen molar-refractivity contribution >= 4 is 11.9 Å². The minimum Gasteiger partial charge on any atom is -0.350 e. The number of benzene rings is 2. The van der Waals surface area contributed by atoms with Crippen LogP contribution in [0.1, 0.15) is 16.7 Å². The molecule has 0 unspecified atom stereocenters. The number of hydrogen-bond donors (Lipinski definition) is 1. The molecule has 0 bridgehead atoms. The third-order valence-corrected chi connectivity index (χ3v) is 4.41. The Morgan fingerprint density at radius 2 is 1.62 bits per heavy atom. The molecule has 136 valence electrons. The van der Waals surface area contributed by atoms with Crippen molar-refractivity contribution in [1.82, 2.24) is 15.1 Å². The fraction of sp³-hybridized carbons (Fsp3) is 0.300. The van der Waals surface area contributed by atoms with Crippen LogP contribution in [0.5, 0.6) is 0 Å². The van der Waals surface area contributed by atoms with Gasteiger partial charge in [0, 0.05) is 26.2 Å². The van der Waals surface area contributed by atoms with E-state index in [4.69, 9.17) is 0 Å². The van der Waals surface area contributed by atoms with Crippen LogP contribution in [0.15, 0.2) is 48.5 Å². The molecule has 1 saturated heterocycles. The first-order valence-electron chi connectivity index (χ1n) is 8.62. The number of nitrogens with one attached hydrogen (secondary N) is 1. The fourth-order valence-corrected chi connectivity index (χ4v) is 2.87.